The molecule has 5 nitrogen and oxygen atoms in total. The molecule has 2 heterocycles. The highest BCUT2D eigenvalue weighted by molar-refractivity contribution is 7.84. The van der Waals surface area contributed by atoms with Gasteiger partial charge in [-0.05, 0) is 61.9 Å². The zero-order valence-corrected chi connectivity index (χ0v) is 15.2. The van der Waals surface area contributed by atoms with Crippen LogP contribution in [-0.4, -0.2) is 25.8 Å². The third-order valence-corrected chi connectivity index (χ3v) is 5.84. The van der Waals surface area contributed by atoms with Crippen molar-refractivity contribution >= 4 is 21.8 Å². The molecule has 1 unspecified atom stereocenters. The van der Waals surface area contributed by atoms with Crippen molar-refractivity contribution in [3.63, 3.8) is 0 Å². The van der Waals surface area contributed by atoms with Crippen molar-refractivity contribution in [2.75, 3.05) is 6.61 Å². The quantitative estimate of drug-likeness (QED) is 0.732. The Labute approximate surface area is 149 Å². The van der Waals surface area contributed by atoms with Crippen molar-refractivity contribution in [3.8, 4) is 5.75 Å². The van der Waals surface area contributed by atoms with Crippen LogP contribution >= 0.6 is 0 Å². The van der Waals surface area contributed by atoms with Crippen LogP contribution in [0.3, 0.4) is 0 Å². The van der Waals surface area contributed by atoms with E-state index < -0.39 is 10.8 Å². The summed E-state index contributed by atoms with van der Waals surface area (Å²) in [5, 5.41) is 0.483. The van der Waals surface area contributed by atoms with Crippen LogP contribution in [0.5, 0.6) is 5.75 Å². The fraction of sp³-hybridized carbons (Fsp3) is 0.368. The fourth-order valence-electron chi connectivity index (χ4n) is 2.69. The summed E-state index contributed by atoms with van der Waals surface area (Å²) in [6.45, 7) is 4.82. The number of nitrogens with zero attached hydrogens (tertiary/aromatic N) is 2. The Morgan fingerprint density at radius 2 is 2.12 bits per heavy atom. The highest BCUT2D eigenvalue weighted by Crippen LogP contribution is 2.30. The number of nitrogens with one attached hydrogen (secondary N) is 1. The number of H-pyrrole nitrogens is 1. The van der Waals surface area contributed by atoms with E-state index in [1.165, 1.54) is 12.8 Å². The SMILES string of the molecule is Cc1ccnc(CS(=O)c2nc3ccc(OCC4CC4)cc3[nH]2)c1C. The topological polar surface area (TPSA) is 67.9 Å². The van der Waals surface area contributed by atoms with Gasteiger partial charge in [0.05, 0.1) is 39.9 Å². The summed E-state index contributed by atoms with van der Waals surface area (Å²) in [5.41, 5.74) is 4.75. The zero-order valence-electron chi connectivity index (χ0n) is 14.4. The van der Waals surface area contributed by atoms with Gasteiger partial charge < -0.3 is 9.72 Å². The Morgan fingerprint density at radius 1 is 1.28 bits per heavy atom. The van der Waals surface area contributed by atoms with Crippen molar-refractivity contribution in [2.24, 2.45) is 5.92 Å². The Morgan fingerprint density at radius 3 is 2.92 bits per heavy atom. The van der Waals surface area contributed by atoms with Crippen LogP contribution in [0.15, 0.2) is 35.6 Å². The summed E-state index contributed by atoms with van der Waals surface area (Å²) >= 11 is 0. The first kappa shape index (κ1) is 16.3. The van der Waals surface area contributed by atoms with Gasteiger partial charge in [0, 0.05) is 12.3 Å². The molecular formula is C19H21N3O2S. The van der Waals surface area contributed by atoms with E-state index in [1.54, 1.807) is 6.20 Å². The van der Waals surface area contributed by atoms with Crippen molar-refractivity contribution in [2.45, 2.75) is 37.6 Å². The normalized spacial score (nSPS) is 15.4. The van der Waals surface area contributed by atoms with Crippen LogP contribution in [0.25, 0.3) is 11.0 Å². The van der Waals surface area contributed by atoms with E-state index in [1.807, 2.05) is 38.1 Å². The molecule has 0 saturated heterocycles. The number of aromatic amines is 1. The van der Waals surface area contributed by atoms with Gasteiger partial charge in [0.2, 0.25) is 0 Å². The number of fused-ring (bicyclic) bond motifs is 1. The van der Waals surface area contributed by atoms with Gasteiger partial charge in [-0.3, -0.25) is 9.19 Å². The third kappa shape index (κ3) is 3.58. The summed E-state index contributed by atoms with van der Waals surface area (Å²) in [7, 11) is -1.26. The molecule has 25 heavy (non-hydrogen) atoms. The van der Waals surface area contributed by atoms with E-state index in [0.29, 0.717) is 16.8 Å². The first-order chi connectivity index (χ1) is 12.1. The zero-order chi connectivity index (χ0) is 17.4. The predicted octanol–water partition coefficient (Wildman–Crippen LogP) is 3.67. The molecule has 3 aromatic rings. The summed E-state index contributed by atoms with van der Waals surface area (Å²) in [5.74, 6) is 1.90. The Hall–Kier alpha value is -2.21. The largest absolute Gasteiger partial charge is 0.493 e. The van der Waals surface area contributed by atoms with Gasteiger partial charge in [0.15, 0.2) is 5.16 Å². The summed E-state index contributed by atoms with van der Waals surface area (Å²) < 4.78 is 18.5. The number of hydrogen-bond donors (Lipinski definition) is 1. The number of aryl methyl sites for hydroxylation is 1. The molecule has 1 fully saturated rings. The van der Waals surface area contributed by atoms with E-state index in [4.69, 9.17) is 4.74 Å². The molecule has 1 saturated carbocycles. The predicted molar refractivity (Wildman–Crippen MR) is 98.1 cm³/mol. The smallest absolute Gasteiger partial charge is 0.197 e. The number of aromatic nitrogens is 3. The maximum atomic E-state index is 12.7. The lowest BCUT2D eigenvalue weighted by molar-refractivity contribution is 0.300. The minimum Gasteiger partial charge on any atom is -0.493 e. The Kier molecular flexibility index (Phi) is 4.29. The lowest BCUT2D eigenvalue weighted by atomic mass is 10.1. The number of benzene rings is 1. The molecule has 0 aliphatic heterocycles. The summed E-state index contributed by atoms with van der Waals surface area (Å²) in [4.78, 5) is 12.0. The first-order valence-electron chi connectivity index (χ1n) is 8.52. The number of hydrogen-bond acceptors (Lipinski definition) is 4. The van der Waals surface area contributed by atoms with Crippen LogP contribution in [0.4, 0.5) is 0 Å². The lowest BCUT2D eigenvalue weighted by Gasteiger charge is -2.05. The molecule has 0 amide bonds. The van der Waals surface area contributed by atoms with Crippen LogP contribution < -0.4 is 4.74 Å². The number of rotatable bonds is 6. The van der Waals surface area contributed by atoms with Crippen LogP contribution in [0.1, 0.15) is 29.7 Å². The van der Waals surface area contributed by atoms with Gasteiger partial charge in [0.25, 0.3) is 0 Å². The van der Waals surface area contributed by atoms with E-state index in [0.717, 1.165) is 40.2 Å². The summed E-state index contributed by atoms with van der Waals surface area (Å²) in [6.07, 6.45) is 4.29. The molecule has 130 valence electrons. The average molecular weight is 355 g/mol. The van der Waals surface area contributed by atoms with Gasteiger partial charge in [0.1, 0.15) is 5.75 Å². The number of ether oxygens (including phenoxy) is 1. The molecule has 4 rings (SSSR count). The maximum absolute atomic E-state index is 12.7. The Balaban J connectivity index is 1.53. The van der Waals surface area contributed by atoms with Crippen molar-refractivity contribution < 1.29 is 8.95 Å². The minimum absolute atomic E-state index is 0.359. The van der Waals surface area contributed by atoms with Crippen LogP contribution in [0.2, 0.25) is 0 Å². The van der Waals surface area contributed by atoms with Crippen molar-refractivity contribution in [1.82, 2.24) is 15.0 Å². The molecule has 1 atom stereocenters. The molecule has 2 aromatic heterocycles. The lowest BCUT2D eigenvalue weighted by Crippen LogP contribution is -2.03. The number of imidazole rings is 1. The number of pyridine rings is 1. The molecular weight excluding hydrogens is 334 g/mol. The molecule has 0 radical (unpaired) electrons. The minimum atomic E-state index is -1.26. The van der Waals surface area contributed by atoms with Gasteiger partial charge in [-0.1, -0.05) is 0 Å². The van der Waals surface area contributed by atoms with Crippen LogP contribution in [-0.2, 0) is 16.6 Å². The summed E-state index contributed by atoms with van der Waals surface area (Å²) in [6, 6.07) is 7.73. The standard InChI is InChI=1S/C19H21N3O2S/c1-12-7-8-20-18(13(12)2)11-25(23)19-21-16-6-5-15(9-17(16)22-19)24-10-14-3-4-14/h5-9,14H,3-4,10-11H2,1-2H3,(H,21,22). The second kappa shape index (κ2) is 6.59. The van der Waals surface area contributed by atoms with Crippen molar-refractivity contribution in [1.29, 1.82) is 0 Å². The van der Waals surface area contributed by atoms with Gasteiger partial charge in [-0.25, -0.2) is 4.98 Å². The van der Waals surface area contributed by atoms with Gasteiger partial charge in [-0.15, -0.1) is 0 Å². The van der Waals surface area contributed by atoms with E-state index in [-0.39, 0.29) is 0 Å². The van der Waals surface area contributed by atoms with Crippen molar-refractivity contribution in [3.05, 3.63) is 47.3 Å². The molecule has 6 heteroatoms. The highest BCUT2D eigenvalue weighted by atomic mass is 32.2. The molecule has 0 spiro atoms. The Bertz CT molecular complexity index is 947. The molecule has 0 bridgehead atoms. The van der Waals surface area contributed by atoms with Crippen LogP contribution in [0, 0.1) is 19.8 Å². The van der Waals surface area contributed by atoms with E-state index in [9.17, 15) is 4.21 Å². The third-order valence-electron chi connectivity index (χ3n) is 4.68. The molecule has 1 aromatic carbocycles. The van der Waals surface area contributed by atoms with Gasteiger partial charge in [-0.2, -0.15) is 0 Å². The average Bonchev–Trinajstić information content (AvgIpc) is 3.33. The molecule has 1 aliphatic rings. The highest BCUT2D eigenvalue weighted by Gasteiger charge is 2.22. The maximum Gasteiger partial charge on any atom is 0.197 e. The second-order valence-electron chi connectivity index (χ2n) is 6.66. The first-order valence-corrected chi connectivity index (χ1v) is 9.84. The van der Waals surface area contributed by atoms with Gasteiger partial charge >= 0.3 is 0 Å². The van der Waals surface area contributed by atoms with E-state index >= 15 is 0 Å². The monoisotopic (exact) mass is 355 g/mol. The molecule has 1 aliphatic carbocycles. The van der Waals surface area contributed by atoms with E-state index in [2.05, 4.69) is 15.0 Å². The molecule has 1 N–H and O–H groups in total. The second-order valence-corrected chi connectivity index (χ2v) is 8.03. The fourth-order valence-corrected chi connectivity index (χ4v) is 3.79.